The number of hydrogen-bond donors (Lipinski definition) is 1. The first-order valence-corrected chi connectivity index (χ1v) is 5.03. The molecule has 0 bridgehead atoms. The van der Waals surface area contributed by atoms with Gasteiger partial charge in [-0.2, -0.15) is 0 Å². The molecule has 72 valence electrons. The zero-order chi connectivity index (χ0) is 9.14. The molecule has 1 N–H and O–H groups in total. The van der Waals surface area contributed by atoms with Crippen LogP contribution in [0.15, 0.2) is 0 Å². The molecule has 0 aromatic rings. The summed E-state index contributed by atoms with van der Waals surface area (Å²) in [5, 5.41) is 9.59. The lowest BCUT2D eigenvalue weighted by molar-refractivity contribution is 0.0679. The highest BCUT2D eigenvalue weighted by molar-refractivity contribution is 4.80. The standard InChI is InChI=1S/C10H21NO/c1-4-10(12)8(2)11(3)7-9-5-6-9/h8-10,12H,4-7H2,1-3H3. The minimum atomic E-state index is -0.159. The molecule has 1 saturated carbocycles. The molecule has 0 radical (unpaired) electrons. The molecule has 1 aliphatic rings. The molecule has 0 saturated heterocycles. The quantitative estimate of drug-likeness (QED) is 0.677. The Morgan fingerprint density at radius 2 is 2.08 bits per heavy atom. The predicted molar refractivity (Wildman–Crippen MR) is 51.1 cm³/mol. The zero-order valence-corrected chi connectivity index (χ0v) is 8.45. The Kier molecular flexibility index (Phi) is 3.53. The summed E-state index contributed by atoms with van der Waals surface area (Å²) in [6, 6.07) is 0.315. The molecule has 2 atom stereocenters. The number of nitrogens with zero attached hydrogens (tertiary/aromatic N) is 1. The molecule has 2 unspecified atom stereocenters. The van der Waals surface area contributed by atoms with Gasteiger partial charge in [0.25, 0.3) is 0 Å². The molecular weight excluding hydrogens is 150 g/mol. The fourth-order valence-electron chi connectivity index (χ4n) is 1.51. The van der Waals surface area contributed by atoms with Gasteiger partial charge in [0.1, 0.15) is 0 Å². The van der Waals surface area contributed by atoms with Crippen molar-refractivity contribution >= 4 is 0 Å². The molecule has 0 aliphatic heterocycles. The van der Waals surface area contributed by atoms with Crippen LogP contribution in [0.4, 0.5) is 0 Å². The van der Waals surface area contributed by atoms with Gasteiger partial charge in [-0.15, -0.1) is 0 Å². The van der Waals surface area contributed by atoms with Gasteiger partial charge < -0.3 is 10.0 Å². The summed E-state index contributed by atoms with van der Waals surface area (Å²) in [5.41, 5.74) is 0. The Hall–Kier alpha value is -0.0800. The lowest BCUT2D eigenvalue weighted by Gasteiger charge is -2.28. The van der Waals surface area contributed by atoms with Gasteiger partial charge in [-0.1, -0.05) is 6.92 Å². The molecule has 0 amide bonds. The van der Waals surface area contributed by atoms with Crippen LogP contribution >= 0.6 is 0 Å². The lowest BCUT2D eigenvalue weighted by Crippen LogP contribution is -2.39. The third-order valence-electron chi connectivity index (χ3n) is 2.91. The molecule has 12 heavy (non-hydrogen) atoms. The van der Waals surface area contributed by atoms with E-state index < -0.39 is 0 Å². The monoisotopic (exact) mass is 171 g/mol. The maximum Gasteiger partial charge on any atom is 0.0690 e. The van der Waals surface area contributed by atoms with Crippen LogP contribution in [0, 0.1) is 5.92 Å². The van der Waals surface area contributed by atoms with Crippen molar-refractivity contribution in [3.8, 4) is 0 Å². The van der Waals surface area contributed by atoms with Crippen LogP contribution in [-0.2, 0) is 0 Å². The largest absolute Gasteiger partial charge is 0.392 e. The summed E-state index contributed by atoms with van der Waals surface area (Å²) in [5.74, 6) is 0.918. The average molecular weight is 171 g/mol. The molecule has 1 rings (SSSR count). The van der Waals surface area contributed by atoms with Crippen molar-refractivity contribution in [2.45, 2.75) is 45.3 Å². The van der Waals surface area contributed by atoms with Gasteiger partial charge >= 0.3 is 0 Å². The Morgan fingerprint density at radius 1 is 1.50 bits per heavy atom. The van der Waals surface area contributed by atoms with Gasteiger partial charge in [-0.05, 0) is 39.2 Å². The zero-order valence-electron chi connectivity index (χ0n) is 8.45. The van der Waals surface area contributed by atoms with E-state index in [0.717, 1.165) is 18.9 Å². The van der Waals surface area contributed by atoms with Crippen molar-refractivity contribution in [2.75, 3.05) is 13.6 Å². The first-order valence-electron chi connectivity index (χ1n) is 5.03. The number of likely N-dealkylation sites (N-methyl/N-ethyl adjacent to an activating group) is 1. The highest BCUT2D eigenvalue weighted by Crippen LogP contribution is 2.30. The molecule has 0 aromatic carbocycles. The SMILES string of the molecule is CCC(O)C(C)N(C)CC1CC1. The van der Waals surface area contributed by atoms with Gasteiger partial charge in [0.15, 0.2) is 0 Å². The van der Waals surface area contributed by atoms with E-state index in [1.165, 1.54) is 12.8 Å². The van der Waals surface area contributed by atoms with Gasteiger partial charge in [0, 0.05) is 12.6 Å². The van der Waals surface area contributed by atoms with Crippen LogP contribution in [-0.4, -0.2) is 35.7 Å². The van der Waals surface area contributed by atoms with Crippen LogP contribution < -0.4 is 0 Å². The number of aliphatic hydroxyl groups excluding tert-OH is 1. The van der Waals surface area contributed by atoms with Crippen LogP contribution in [0.5, 0.6) is 0 Å². The van der Waals surface area contributed by atoms with Crippen molar-refractivity contribution in [2.24, 2.45) is 5.92 Å². The Bertz CT molecular complexity index is 134. The first kappa shape index (κ1) is 10.0. The van der Waals surface area contributed by atoms with Crippen molar-refractivity contribution in [1.82, 2.24) is 4.90 Å². The number of aliphatic hydroxyl groups is 1. The maximum atomic E-state index is 9.59. The van der Waals surface area contributed by atoms with E-state index in [9.17, 15) is 5.11 Å². The molecule has 0 aromatic heterocycles. The second kappa shape index (κ2) is 4.24. The smallest absolute Gasteiger partial charge is 0.0690 e. The van der Waals surface area contributed by atoms with E-state index in [4.69, 9.17) is 0 Å². The second-order valence-electron chi connectivity index (χ2n) is 4.10. The van der Waals surface area contributed by atoms with E-state index in [1.807, 2.05) is 6.92 Å². The molecule has 1 fully saturated rings. The highest BCUT2D eigenvalue weighted by Gasteiger charge is 2.26. The number of hydrogen-bond acceptors (Lipinski definition) is 2. The van der Waals surface area contributed by atoms with Crippen LogP contribution in [0.25, 0.3) is 0 Å². The van der Waals surface area contributed by atoms with Gasteiger partial charge in [-0.25, -0.2) is 0 Å². The van der Waals surface area contributed by atoms with E-state index in [2.05, 4.69) is 18.9 Å². The van der Waals surface area contributed by atoms with E-state index in [1.54, 1.807) is 0 Å². The van der Waals surface area contributed by atoms with Crippen molar-refractivity contribution < 1.29 is 5.11 Å². The second-order valence-corrected chi connectivity index (χ2v) is 4.10. The summed E-state index contributed by atoms with van der Waals surface area (Å²) in [6.07, 6.45) is 3.48. The molecular formula is C10H21NO. The maximum absolute atomic E-state index is 9.59. The Labute approximate surface area is 75.6 Å². The molecule has 1 aliphatic carbocycles. The fourth-order valence-corrected chi connectivity index (χ4v) is 1.51. The summed E-state index contributed by atoms with van der Waals surface area (Å²) in [7, 11) is 2.11. The summed E-state index contributed by atoms with van der Waals surface area (Å²) in [4.78, 5) is 2.28. The van der Waals surface area contributed by atoms with Crippen LogP contribution in [0.3, 0.4) is 0 Å². The third-order valence-corrected chi connectivity index (χ3v) is 2.91. The highest BCUT2D eigenvalue weighted by atomic mass is 16.3. The fraction of sp³-hybridized carbons (Fsp3) is 1.00. The predicted octanol–water partition coefficient (Wildman–Crippen LogP) is 1.49. The minimum absolute atomic E-state index is 0.159. The Morgan fingerprint density at radius 3 is 2.50 bits per heavy atom. The van der Waals surface area contributed by atoms with Crippen molar-refractivity contribution in [1.29, 1.82) is 0 Å². The topological polar surface area (TPSA) is 23.5 Å². The summed E-state index contributed by atoms with van der Waals surface area (Å²) < 4.78 is 0. The molecule has 2 nitrogen and oxygen atoms in total. The van der Waals surface area contributed by atoms with Crippen LogP contribution in [0.1, 0.15) is 33.1 Å². The Balaban J connectivity index is 2.23. The van der Waals surface area contributed by atoms with Gasteiger partial charge in [0.05, 0.1) is 6.10 Å². The summed E-state index contributed by atoms with van der Waals surface area (Å²) >= 11 is 0. The van der Waals surface area contributed by atoms with E-state index >= 15 is 0 Å². The third kappa shape index (κ3) is 2.76. The summed E-state index contributed by atoms with van der Waals surface area (Å²) in [6.45, 7) is 5.31. The van der Waals surface area contributed by atoms with E-state index in [0.29, 0.717) is 6.04 Å². The normalized spacial score (nSPS) is 22.8. The van der Waals surface area contributed by atoms with E-state index in [-0.39, 0.29) is 6.10 Å². The molecule has 0 heterocycles. The molecule has 0 spiro atoms. The minimum Gasteiger partial charge on any atom is -0.392 e. The van der Waals surface area contributed by atoms with Crippen LogP contribution in [0.2, 0.25) is 0 Å². The van der Waals surface area contributed by atoms with Crippen molar-refractivity contribution in [3.05, 3.63) is 0 Å². The number of rotatable bonds is 5. The first-order chi connectivity index (χ1) is 5.65. The van der Waals surface area contributed by atoms with Crippen molar-refractivity contribution in [3.63, 3.8) is 0 Å². The average Bonchev–Trinajstić information content (AvgIpc) is 2.85. The lowest BCUT2D eigenvalue weighted by atomic mass is 10.1. The van der Waals surface area contributed by atoms with Gasteiger partial charge in [-0.3, -0.25) is 0 Å². The van der Waals surface area contributed by atoms with Gasteiger partial charge in [0.2, 0.25) is 0 Å². The molecule has 2 heteroatoms.